The number of hydrogen-bond acceptors (Lipinski definition) is 3. The van der Waals surface area contributed by atoms with E-state index >= 15 is 0 Å². The Morgan fingerprint density at radius 1 is 1.28 bits per heavy atom. The molecule has 0 unspecified atom stereocenters. The number of carbonyl (C=O) groups excluding carboxylic acids is 1. The predicted molar refractivity (Wildman–Crippen MR) is 96.9 cm³/mol. The summed E-state index contributed by atoms with van der Waals surface area (Å²) in [5.74, 6) is 0.208. The monoisotopic (exact) mass is 356 g/mol. The fourth-order valence-corrected chi connectivity index (χ4v) is 3.37. The van der Waals surface area contributed by atoms with Crippen LogP contribution in [-0.2, 0) is 0 Å². The molecule has 0 N–H and O–H groups in total. The van der Waals surface area contributed by atoms with Crippen LogP contribution in [0, 0.1) is 17.2 Å². The Hall–Kier alpha value is -2.32. The fourth-order valence-electron chi connectivity index (χ4n) is 3.25. The summed E-state index contributed by atoms with van der Waals surface area (Å²) in [5, 5.41) is 14.1. The van der Waals surface area contributed by atoms with Crippen molar-refractivity contribution in [1.29, 1.82) is 5.26 Å². The van der Waals surface area contributed by atoms with Gasteiger partial charge < -0.3 is 4.90 Å². The Balaban J connectivity index is 1.91. The summed E-state index contributed by atoms with van der Waals surface area (Å²) in [7, 11) is 0. The van der Waals surface area contributed by atoms with E-state index in [2.05, 4.69) is 25.0 Å². The summed E-state index contributed by atoms with van der Waals surface area (Å²) >= 11 is 5.97. The van der Waals surface area contributed by atoms with Crippen molar-refractivity contribution in [2.45, 2.75) is 32.6 Å². The minimum Gasteiger partial charge on any atom is -0.338 e. The highest BCUT2D eigenvalue weighted by Gasteiger charge is 2.28. The molecule has 0 spiro atoms. The summed E-state index contributed by atoms with van der Waals surface area (Å²) in [5.41, 5.74) is 2.42. The van der Waals surface area contributed by atoms with E-state index in [1.807, 2.05) is 33.8 Å². The number of piperidine rings is 1. The zero-order valence-corrected chi connectivity index (χ0v) is 15.2. The zero-order valence-electron chi connectivity index (χ0n) is 14.4. The second-order valence-corrected chi connectivity index (χ2v) is 7.12. The molecular weight excluding hydrogens is 336 g/mol. The number of rotatable bonds is 3. The van der Waals surface area contributed by atoms with Crippen molar-refractivity contribution in [2.75, 3.05) is 13.1 Å². The summed E-state index contributed by atoms with van der Waals surface area (Å²) in [6.07, 6.45) is 3.14. The molecule has 3 rings (SSSR count). The van der Waals surface area contributed by atoms with E-state index in [4.69, 9.17) is 16.9 Å². The van der Waals surface area contributed by atoms with Gasteiger partial charge in [0.1, 0.15) is 0 Å². The first-order valence-corrected chi connectivity index (χ1v) is 8.91. The highest BCUT2D eigenvalue weighted by atomic mass is 35.5. The minimum atomic E-state index is 0.000281. The van der Waals surface area contributed by atoms with E-state index in [1.165, 1.54) is 0 Å². The van der Waals surface area contributed by atoms with Gasteiger partial charge in [0.25, 0.3) is 5.91 Å². The third-order valence-corrected chi connectivity index (χ3v) is 4.87. The molecule has 5 nitrogen and oxygen atoms in total. The molecule has 25 heavy (non-hydrogen) atoms. The zero-order chi connectivity index (χ0) is 18.0. The maximum absolute atomic E-state index is 13.0. The second kappa shape index (κ2) is 7.28. The van der Waals surface area contributed by atoms with Gasteiger partial charge in [0, 0.05) is 24.0 Å². The minimum absolute atomic E-state index is 0.000281. The quantitative estimate of drug-likeness (QED) is 0.834. The molecule has 0 radical (unpaired) electrons. The molecule has 0 bridgehead atoms. The third kappa shape index (κ3) is 3.54. The van der Waals surface area contributed by atoms with Crippen molar-refractivity contribution in [3.63, 3.8) is 0 Å². The number of nitrogens with zero attached hydrogens (tertiary/aromatic N) is 4. The molecule has 1 aromatic heterocycles. The van der Waals surface area contributed by atoms with Gasteiger partial charge in [0.2, 0.25) is 0 Å². The average molecular weight is 357 g/mol. The van der Waals surface area contributed by atoms with Crippen LogP contribution in [0.1, 0.15) is 48.7 Å². The average Bonchev–Trinajstić information content (AvgIpc) is 3.07. The van der Waals surface area contributed by atoms with E-state index in [1.54, 1.807) is 6.20 Å². The first-order valence-electron chi connectivity index (χ1n) is 8.54. The molecule has 1 amide bonds. The van der Waals surface area contributed by atoms with Crippen LogP contribution in [0.15, 0.2) is 30.5 Å². The smallest absolute Gasteiger partial charge is 0.257 e. The molecule has 1 fully saturated rings. The lowest BCUT2D eigenvalue weighted by Gasteiger charge is -2.29. The Morgan fingerprint density at radius 3 is 2.48 bits per heavy atom. The highest BCUT2D eigenvalue weighted by molar-refractivity contribution is 6.30. The predicted octanol–water partition coefficient (Wildman–Crippen LogP) is 4.02. The van der Waals surface area contributed by atoms with Gasteiger partial charge >= 0.3 is 0 Å². The van der Waals surface area contributed by atoms with E-state index in [9.17, 15) is 4.79 Å². The molecule has 130 valence electrons. The maximum atomic E-state index is 13.0. The molecule has 1 saturated heterocycles. The van der Waals surface area contributed by atoms with Gasteiger partial charge in [-0.3, -0.25) is 4.79 Å². The molecule has 1 aliphatic heterocycles. The molecule has 1 aliphatic rings. The number of nitriles is 1. The van der Waals surface area contributed by atoms with E-state index in [-0.39, 0.29) is 17.7 Å². The van der Waals surface area contributed by atoms with E-state index < -0.39 is 0 Å². The fraction of sp³-hybridized carbons (Fsp3) is 0.421. The van der Waals surface area contributed by atoms with Crippen molar-refractivity contribution in [3.8, 4) is 11.8 Å². The van der Waals surface area contributed by atoms with Crippen molar-refractivity contribution < 1.29 is 4.79 Å². The first kappa shape index (κ1) is 17.5. The van der Waals surface area contributed by atoms with Crippen LogP contribution in [0.3, 0.4) is 0 Å². The number of benzene rings is 1. The van der Waals surface area contributed by atoms with Crippen molar-refractivity contribution >= 4 is 17.5 Å². The summed E-state index contributed by atoms with van der Waals surface area (Å²) in [6.45, 7) is 5.37. The van der Waals surface area contributed by atoms with Gasteiger partial charge in [-0.2, -0.15) is 10.4 Å². The van der Waals surface area contributed by atoms with Crippen LogP contribution >= 0.6 is 11.6 Å². The van der Waals surface area contributed by atoms with Crippen LogP contribution < -0.4 is 0 Å². The van der Waals surface area contributed by atoms with E-state index in [0.717, 1.165) is 24.2 Å². The van der Waals surface area contributed by atoms with Crippen LogP contribution in [0.25, 0.3) is 5.69 Å². The number of carbonyl (C=O) groups is 1. The van der Waals surface area contributed by atoms with Crippen LogP contribution in [0.5, 0.6) is 0 Å². The van der Waals surface area contributed by atoms with Gasteiger partial charge in [-0.05, 0) is 43.0 Å². The molecule has 2 heterocycles. The molecule has 0 saturated carbocycles. The molecule has 2 aromatic rings. The molecular formula is C19H21ClN4O. The highest BCUT2D eigenvalue weighted by Crippen LogP contribution is 2.26. The number of hydrogen-bond donors (Lipinski definition) is 0. The SMILES string of the molecule is CC(C)c1c(C(=O)N2CCC(C#N)CC2)cnn1-c1ccc(Cl)cc1. The van der Waals surface area contributed by atoms with Crippen molar-refractivity contribution in [3.05, 3.63) is 46.7 Å². The lowest BCUT2D eigenvalue weighted by Crippen LogP contribution is -2.38. The Labute approximate surface area is 152 Å². The van der Waals surface area contributed by atoms with E-state index in [0.29, 0.717) is 23.7 Å². The summed E-state index contributed by atoms with van der Waals surface area (Å²) in [4.78, 5) is 14.8. The molecule has 1 aromatic carbocycles. The Kier molecular flexibility index (Phi) is 5.10. The maximum Gasteiger partial charge on any atom is 0.257 e. The summed E-state index contributed by atoms with van der Waals surface area (Å²) in [6, 6.07) is 9.72. The number of likely N-dealkylation sites (tertiary alicyclic amines) is 1. The normalized spacial score (nSPS) is 15.4. The van der Waals surface area contributed by atoms with Crippen molar-refractivity contribution in [2.24, 2.45) is 5.92 Å². The van der Waals surface area contributed by atoms with Gasteiger partial charge in [-0.25, -0.2) is 4.68 Å². The number of aromatic nitrogens is 2. The topological polar surface area (TPSA) is 61.9 Å². The lowest BCUT2D eigenvalue weighted by molar-refractivity contribution is 0.0705. The third-order valence-electron chi connectivity index (χ3n) is 4.62. The largest absolute Gasteiger partial charge is 0.338 e. The number of amides is 1. The summed E-state index contributed by atoms with van der Waals surface area (Å²) < 4.78 is 1.82. The Morgan fingerprint density at radius 2 is 1.92 bits per heavy atom. The van der Waals surface area contributed by atoms with Crippen LogP contribution in [0.2, 0.25) is 5.02 Å². The molecule has 0 aliphatic carbocycles. The van der Waals surface area contributed by atoms with Crippen LogP contribution in [-0.4, -0.2) is 33.7 Å². The van der Waals surface area contributed by atoms with Crippen LogP contribution in [0.4, 0.5) is 0 Å². The first-order chi connectivity index (χ1) is 12.0. The van der Waals surface area contributed by atoms with Gasteiger partial charge in [-0.15, -0.1) is 0 Å². The van der Waals surface area contributed by atoms with Gasteiger partial charge in [0.15, 0.2) is 0 Å². The number of halogens is 1. The lowest BCUT2D eigenvalue weighted by atomic mass is 9.97. The molecule has 6 heteroatoms. The standard InChI is InChI=1S/C19H21ClN4O/c1-13(2)18-17(19(25)23-9-7-14(11-21)8-10-23)12-22-24(18)16-5-3-15(20)4-6-16/h3-6,12-14H,7-10H2,1-2H3. The molecule has 0 atom stereocenters. The Bertz CT molecular complexity index is 796. The van der Waals surface area contributed by atoms with Gasteiger partial charge in [0.05, 0.1) is 29.2 Å². The van der Waals surface area contributed by atoms with Gasteiger partial charge in [-0.1, -0.05) is 25.4 Å². The second-order valence-electron chi connectivity index (χ2n) is 6.68. The van der Waals surface area contributed by atoms with Crippen molar-refractivity contribution in [1.82, 2.24) is 14.7 Å².